The van der Waals surface area contributed by atoms with Gasteiger partial charge in [-0.05, 0) is 31.5 Å². The molecule has 1 amide bonds. The normalized spacial score (nSPS) is 10.5. The number of carbonyl (C=O) groups excluding carboxylic acids is 1. The number of phenolic OH excluding ortho intramolecular Hbond substituents is 1. The lowest BCUT2D eigenvalue weighted by atomic mass is 10.2. The summed E-state index contributed by atoms with van der Waals surface area (Å²) in [5, 5.41) is 11.9. The van der Waals surface area contributed by atoms with Crippen LogP contribution in [-0.2, 0) is 16.1 Å². The van der Waals surface area contributed by atoms with Crippen molar-refractivity contribution in [2.75, 3.05) is 6.61 Å². The van der Waals surface area contributed by atoms with Gasteiger partial charge in [-0.25, -0.2) is 0 Å². The van der Waals surface area contributed by atoms with E-state index in [4.69, 9.17) is 9.84 Å². The fourth-order valence-electron chi connectivity index (χ4n) is 1.29. The predicted octanol–water partition coefficient (Wildman–Crippen LogP) is 1.82. The van der Waals surface area contributed by atoms with E-state index in [1.165, 1.54) is 0 Å². The topological polar surface area (TPSA) is 58.6 Å². The molecule has 17 heavy (non-hydrogen) atoms. The van der Waals surface area contributed by atoms with Gasteiger partial charge in [0.15, 0.2) is 0 Å². The van der Waals surface area contributed by atoms with E-state index in [9.17, 15) is 4.79 Å². The Balaban J connectivity index is 2.21. The van der Waals surface area contributed by atoms with Crippen LogP contribution >= 0.6 is 0 Å². The van der Waals surface area contributed by atoms with E-state index in [0.29, 0.717) is 19.6 Å². The van der Waals surface area contributed by atoms with Crippen molar-refractivity contribution in [2.24, 2.45) is 0 Å². The number of ether oxygens (including phenoxy) is 1. The van der Waals surface area contributed by atoms with E-state index >= 15 is 0 Å². The van der Waals surface area contributed by atoms with Crippen LogP contribution in [0.5, 0.6) is 5.75 Å². The molecule has 4 heteroatoms. The molecule has 0 aromatic heterocycles. The zero-order valence-corrected chi connectivity index (χ0v) is 10.3. The maximum Gasteiger partial charge on any atom is 0.222 e. The average molecular weight is 237 g/mol. The van der Waals surface area contributed by atoms with E-state index in [-0.39, 0.29) is 17.8 Å². The van der Waals surface area contributed by atoms with E-state index in [2.05, 4.69) is 5.32 Å². The third-order valence-corrected chi connectivity index (χ3v) is 2.21. The molecule has 0 fully saturated rings. The third kappa shape index (κ3) is 5.92. The van der Waals surface area contributed by atoms with Gasteiger partial charge in [0.25, 0.3) is 0 Å². The highest BCUT2D eigenvalue weighted by molar-refractivity contribution is 5.75. The summed E-state index contributed by atoms with van der Waals surface area (Å²) in [5.41, 5.74) is 0.959. The Morgan fingerprint density at radius 3 is 2.59 bits per heavy atom. The molecule has 0 unspecified atom stereocenters. The number of hydrogen-bond donors (Lipinski definition) is 2. The van der Waals surface area contributed by atoms with E-state index in [0.717, 1.165) is 5.56 Å². The van der Waals surface area contributed by atoms with Crippen molar-refractivity contribution in [3.05, 3.63) is 29.8 Å². The molecule has 0 atom stereocenters. The minimum absolute atomic E-state index is 0.0290. The van der Waals surface area contributed by atoms with Crippen LogP contribution in [0.2, 0.25) is 0 Å². The Bertz CT molecular complexity index is 346. The molecule has 0 radical (unpaired) electrons. The summed E-state index contributed by atoms with van der Waals surface area (Å²) in [5.74, 6) is 0.198. The molecule has 0 aliphatic carbocycles. The van der Waals surface area contributed by atoms with Gasteiger partial charge in [0.05, 0.1) is 12.7 Å². The summed E-state index contributed by atoms with van der Waals surface area (Å²) in [7, 11) is 0. The highest BCUT2D eigenvalue weighted by Gasteiger charge is 2.02. The molecular formula is C13H19NO3. The van der Waals surface area contributed by atoms with Gasteiger partial charge in [-0.3, -0.25) is 4.79 Å². The maximum atomic E-state index is 11.4. The zero-order valence-electron chi connectivity index (χ0n) is 10.3. The van der Waals surface area contributed by atoms with E-state index in [1.54, 1.807) is 24.3 Å². The Morgan fingerprint density at radius 1 is 1.35 bits per heavy atom. The van der Waals surface area contributed by atoms with Crippen molar-refractivity contribution >= 4 is 5.91 Å². The molecule has 94 valence electrons. The molecule has 0 aliphatic rings. The van der Waals surface area contributed by atoms with E-state index < -0.39 is 0 Å². The minimum Gasteiger partial charge on any atom is -0.508 e. The molecule has 0 bridgehead atoms. The SMILES string of the molecule is CC(C)OCCC(=O)NCc1ccc(O)cc1. The molecule has 4 nitrogen and oxygen atoms in total. The molecule has 0 saturated heterocycles. The van der Waals surface area contributed by atoms with Crippen molar-refractivity contribution in [1.82, 2.24) is 5.32 Å². The number of benzene rings is 1. The molecule has 0 spiro atoms. The van der Waals surface area contributed by atoms with Gasteiger partial charge in [0, 0.05) is 13.0 Å². The van der Waals surface area contributed by atoms with Crippen LogP contribution in [0.25, 0.3) is 0 Å². The number of aromatic hydroxyl groups is 1. The first kappa shape index (κ1) is 13.5. The summed E-state index contributed by atoms with van der Waals surface area (Å²) >= 11 is 0. The lowest BCUT2D eigenvalue weighted by Crippen LogP contribution is -2.24. The Morgan fingerprint density at radius 2 is 2.00 bits per heavy atom. The molecule has 1 rings (SSSR count). The quantitative estimate of drug-likeness (QED) is 0.793. The van der Waals surface area contributed by atoms with Gasteiger partial charge in [-0.15, -0.1) is 0 Å². The smallest absolute Gasteiger partial charge is 0.222 e. The summed E-state index contributed by atoms with van der Waals surface area (Å²) in [6.45, 7) is 4.79. The predicted molar refractivity (Wildman–Crippen MR) is 65.7 cm³/mol. The number of carbonyl (C=O) groups is 1. The largest absolute Gasteiger partial charge is 0.508 e. The number of nitrogens with one attached hydrogen (secondary N) is 1. The maximum absolute atomic E-state index is 11.4. The van der Waals surface area contributed by atoms with Crippen molar-refractivity contribution < 1.29 is 14.6 Å². The highest BCUT2D eigenvalue weighted by Crippen LogP contribution is 2.09. The van der Waals surface area contributed by atoms with Crippen molar-refractivity contribution in [3.63, 3.8) is 0 Å². The van der Waals surface area contributed by atoms with Crippen LogP contribution in [0.1, 0.15) is 25.8 Å². The fraction of sp³-hybridized carbons (Fsp3) is 0.462. The summed E-state index contributed by atoms with van der Waals surface area (Å²) in [6, 6.07) is 6.76. The van der Waals surface area contributed by atoms with Gasteiger partial charge in [-0.1, -0.05) is 12.1 Å². The number of hydrogen-bond acceptors (Lipinski definition) is 3. The van der Waals surface area contributed by atoms with Gasteiger partial charge >= 0.3 is 0 Å². The first-order valence-corrected chi connectivity index (χ1v) is 5.74. The molecule has 1 aromatic carbocycles. The van der Waals surface area contributed by atoms with Gasteiger partial charge in [0.2, 0.25) is 5.91 Å². The standard InChI is InChI=1S/C13H19NO3/c1-10(2)17-8-7-13(16)14-9-11-3-5-12(15)6-4-11/h3-6,10,15H,7-9H2,1-2H3,(H,14,16). The summed E-state index contributed by atoms with van der Waals surface area (Å²) in [6.07, 6.45) is 0.524. The Labute approximate surface area is 102 Å². The van der Waals surface area contributed by atoms with Crippen LogP contribution < -0.4 is 5.32 Å². The number of amides is 1. The summed E-state index contributed by atoms with van der Waals surface area (Å²) in [4.78, 5) is 11.4. The monoisotopic (exact) mass is 237 g/mol. The van der Waals surface area contributed by atoms with Gasteiger partial charge < -0.3 is 15.2 Å². The van der Waals surface area contributed by atoms with Crippen molar-refractivity contribution in [2.45, 2.75) is 32.9 Å². The van der Waals surface area contributed by atoms with Crippen LogP contribution in [0.3, 0.4) is 0 Å². The minimum atomic E-state index is -0.0290. The van der Waals surface area contributed by atoms with Crippen LogP contribution in [0.4, 0.5) is 0 Å². The van der Waals surface area contributed by atoms with Crippen LogP contribution in [0, 0.1) is 0 Å². The summed E-state index contributed by atoms with van der Waals surface area (Å²) < 4.78 is 5.29. The van der Waals surface area contributed by atoms with E-state index in [1.807, 2.05) is 13.8 Å². The fourth-order valence-corrected chi connectivity index (χ4v) is 1.29. The van der Waals surface area contributed by atoms with Crippen LogP contribution in [-0.4, -0.2) is 23.7 Å². The first-order valence-electron chi connectivity index (χ1n) is 5.74. The number of rotatable bonds is 6. The lowest BCUT2D eigenvalue weighted by molar-refractivity contribution is -0.122. The molecular weight excluding hydrogens is 218 g/mol. The highest BCUT2D eigenvalue weighted by atomic mass is 16.5. The van der Waals surface area contributed by atoms with Crippen molar-refractivity contribution in [1.29, 1.82) is 0 Å². The second-order valence-electron chi connectivity index (χ2n) is 4.11. The van der Waals surface area contributed by atoms with Gasteiger partial charge in [-0.2, -0.15) is 0 Å². The Hall–Kier alpha value is -1.55. The second kappa shape index (κ2) is 6.91. The average Bonchev–Trinajstić information content (AvgIpc) is 2.28. The molecule has 0 heterocycles. The lowest BCUT2D eigenvalue weighted by Gasteiger charge is -2.08. The van der Waals surface area contributed by atoms with Crippen molar-refractivity contribution in [3.8, 4) is 5.75 Å². The van der Waals surface area contributed by atoms with Crippen LogP contribution in [0.15, 0.2) is 24.3 Å². The third-order valence-electron chi connectivity index (χ3n) is 2.21. The Kier molecular flexibility index (Phi) is 5.49. The second-order valence-corrected chi connectivity index (χ2v) is 4.11. The first-order chi connectivity index (χ1) is 8.08. The molecule has 1 aromatic rings. The molecule has 0 aliphatic heterocycles. The van der Waals surface area contributed by atoms with Gasteiger partial charge in [0.1, 0.15) is 5.75 Å². The molecule has 2 N–H and O–H groups in total. The molecule has 0 saturated carbocycles. The number of phenols is 1. The zero-order chi connectivity index (χ0) is 12.7.